The van der Waals surface area contributed by atoms with Crippen molar-refractivity contribution in [3.05, 3.63) is 12.2 Å². The quantitative estimate of drug-likeness (QED) is 0.544. The van der Waals surface area contributed by atoms with E-state index in [0.29, 0.717) is 17.6 Å². The van der Waals surface area contributed by atoms with E-state index in [1.165, 1.54) is 19.3 Å². The van der Waals surface area contributed by atoms with Gasteiger partial charge in [-0.2, -0.15) is 0 Å². The van der Waals surface area contributed by atoms with Crippen LogP contribution in [-0.4, -0.2) is 5.78 Å². The van der Waals surface area contributed by atoms with Crippen LogP contribution in [0.2, 0.25) is 0 Å². The van der Waals surface area contributed by atoms with Crippen LogP contribution in [0.25, 0.3) is 0 Å². The van der Waals surface area contributed by atoms with Gasteiger partial charge >= 0.3 is 0 Å². The van der Waals surface area contributed by atoms with Crippen molar-refractivity contribution >= 4 is 5.78 Å². The number of Topliss-reactive ketones (excluding diaryl/α,β-unsaturated/α-hetero) is 1. The summed E-state index contributed by atoms with van der Waals surface area (Å²) in [7, 11) is 0. The average Bonchev–Trinajstić information content (AvgIpc) is 2.53. The van der Waals surface area contributed by atoms with Gasteiger partial charge in [0.15, 0.2) is 0 Å². The Morgan fingerprint density at radius 2 is 2.17 bits per heavy atom. The second-order valence-electron chi connectivity index (χ2n) is 3.99. The second kappa shape index (κ2) is 3.42. The Morgan fingerprint density at radius 1 is 1.25 bits per heavy atom. The summed E-state index contributed by atoms with van der Waals surface area (Å²) in [5.74, 6) is 1.50. The number of rotatable bonds is 1. The topological polar surface area (TPSA) is 17.1 Å². The van der Waals surface area contributed by atoms with Crippen LogP contribution in [-0.2, 0) is 4.79 Å². The summed E-state index contributed by atoms with van der Waals surface area (Å²) >= 11 is 0. The highest BCUT2D eigenvalue weighted by atomic mass is 16.1. The Bertz CT molecular complexity index is 205. The molecule has 2 aliphatic rings. The molecule has 2 rings (SSSR count). The predicted octanol–water partition coefficient (Wildman–Crippen LogP) is 2.71. The minimum absolute atomic E-state index is 0.390. The molecule has 0 N–H and O–H groups in total. The van der Waals surface area contributed by atoms with Crippen molar-refractivity contribution in [1.29, 1.82) is 0 Å². The van der Waals surface area contributed by atoms with Crippen LogP contribution in [0.5, 0.6) is 0 Å². The third-order valence-corrected chi connectivity index (χ3v) is 3.16. The number of hydrogen-bond acceptors (Lipinski definition) is 1. The van der Waals surface area contributed by atoms with E-state index in [1.54, 1.807) is 0 Å². The van der Waals surface area contributed by atoms with E-state index < -0.39 is 0 Å². The predicted molar refractivity (Wildman–Crippen MR) is 48.8 cm³/mol. The minimum atomic E-state index is 0.390. The molecule has 0 aromatic carbocycles. The summed E-state index contributed by atoms with van der Waals surface area (Å²) in [6, 6.07) is 0. The van der Waals surface area contributed by atoms with E-state index in [2.05, 4.69) is 12.2 Å². The molecule has 1 fully saturated rings. The zero-order chi connectivity index (χ0) is 8.39. The fourth-order valence-corrected chi connectivity index (χ4v) is 2.47. The second-order valence-corrected chi connectivity index (χ2v) is 3.99. The third-order valence-electron chi connectivity index (χ3n) is 3.16. The Morgan fingerprint density at radius 3 is 2.75 bits per heavy atom. The minimum Gasteiger partial charge on any atom is -0.299 e. The molecule has 66 valence electrons. The summed E-state index contributed by atoms with van der Waals surface area (Å²) in [5.41, 5.74) is 0. The van der Waals surface area contributed by atoms with Crippen molar-refractivity contribution in [2.24, 2.45) is 11.8 Å². The van der Waals surface area contributed by atoms with Gasteiger partial charge in [-0.1, -0.05) is 12.2 Å². The summed E-state index contributed by atoms with van der Waals surface area (Å²) < 4.78 is 0. The Kier molecular flexibility index (Phi) is 2.29. The normalized spacial score (nSPS) is 35.8. The van der Waals surface area contributed by atoms with E-state index in [0.717, 1.165) is 19.3 Å². The van der Waals surface area contributed by atoms with Crippen LogP contribution in [0.4, 0.5) is 0 Å². The van der Waals surface area contributed by atoms with Gasteiger partial charge in [0.1, 0.15) is 5.78 Å². The molecule has 12 heavy (non-hydrogen) atoms. The summed E-state index contributed by atoms with van der Waals surface area (Å²) in [4.78, 5) is 11.4. The fourth-order valence-electron chi connectivity index (χ4n) is 2.47. The molecule has 2 aliphatic carbocycles. The lowest BCUT2D eigenvalue weighted by Crippen LogP contribution is -2.18. The molecule has 2 unspecified atom stereocenters. The van der Waals surface area contributed by atoms with Crippen molar-refractivity contribution in [3.8, 4) is 0 Å². The molecule has 1 heteroatoms. The first kappa shape index (κ1) is 8.03. The number of ketones is 1. The summed E-state index contributed by atoms with van der Waals surface area (Å²) in [5, 5.41) is 0. The first-order valence-electron chi connectivity index (χ1n) is 5.07. The van der Waals surface area contributed by atoms with Crippen LogP contribution in [0, 0.1) is 11.8 Å². The van der Waals surface area contributed by atoms with E-state index in [1.807, 2.05) is 0 Å². The summed E-state index contributed by atoms with van der Waals surface area (Å²) in [6.45, 7) is 0. The number of hydrogen-bond donors (Lipinski definition) is 0. The molecule has 1 nitrogen and oxygen atoms in total. The molecule has 0 aromatic heterocycles. The Hall–Kier alpha value is -0.590. The van der Waals surface area contributed by atoms with Gasteiger partial charge in [0.25, 0.3) is 0 Å². The molecule has 0 heterocycles. The van der Waals surface area contributed by atoms with Crippen molar-refractivity contribution < 1.29 is 4.79 Å². The fraction of sp³-hybridized carbons (Fsp3) is 0.727. The monoisotopic (exact) mass is 164 g/mol. The van der Waals surface area contributed by atoms with E-state index in [9.17, 15) is 4.79 Å². The zero-order valence-corrected chi connectivity index (χ0v) is 7.46. The van der Waals surface area contributed by atoms with E-state index >= 15 is 0 Å². The molecular weight excluding hydrogens is 148 g/mol. The molecule has 2 atom stereocenters. The van der Waals surface area contributed by atoms with Crippen molar-refractivity contribution in [1.82, 2.24) is 0 Å². The van der Waals surface area contributed by atoms with Crippen LogP contribution >= 0.6 is 0 Å². The highest BCUT2D eigenvalue weighted by Gasteiger charge is 2.30. The molecule has 0 radical (unpaired) electrons. The van der Waals surface area contributed by atoms with Crippen molar-refractivity contribution in [3.63, 3.8) is 0 Å². The molecule has 0 aliphatic heterocycles. The van der Waals surface area contributed by atoms with Gasteiger partial charge in [0, 0.05) is 12.3 Å². The molecule has 0 spiro atoms. The van der Waals surface area contributed by atoms with Crippen LogP contribution in [0.1, 0.15) is 38.5 Å². The summed E-state index contributed by atoms with van der Waals surface area (Å²) in [6.07, 6.45) is 11.4. The van der Waals surface area contributed by atoms with Gasteiger partial charge in [-0.15, -0.1) is 0 Å². The van der Waals surface area contributed by atoms with Gasteiger partial charge in [-0.05, 0) is 38.0 Å². The first-order valence-corrected chi connectivity index (χ1v) is 5.07. The van der Waals surface area contributed by atoms with Crippen LogP contribution in [0.15, 0.2) is 12.2 Å². The maximum absolute atomic E-state index is 11.4. The van der Waals surface area contributed by atoms with Crippen LogP contribution in [0.3, 0.4) is 0 Å². The maximum atomic E-state index is 11.4. The molecule has 0 bridgehead atoms. The molecular formula is C11H16O. The highest BCUT2D eigenvalue weighted by molar-refractivity contribution is 5.83. The van der Waals surface area contributed by atoms with Crippen molar-refractivity contribution in [2.45, 2.75) is 38.5 Å². The van der Waals surface area contributed by atoms with Gasteiger partial charge in [-0.25, -0.2) is 0 Å². The van der Waals surface area contributed by atoms with Gasteiger partial charge in [0.05, 0.1) is 0 Å². The Balaban J connectivity index is 2.02. The zero-order valence-electron chi connectivity index (χ0n) is 7.46. The third kappa shape index (κ3) is 1.45. The van der Waals surface area contributed by atoms with Gasteiger partial charge in [-0.3, -0.25) is 4.79 Å². The maximum Gasteiger partial charge on any atom is 0.136 e. The van der Waals surface area contributed by atoms with Gasteiger partial charge < -0.3 is 0 Å². The highest BCUT2D eigenvalue weighted by Crippen LogP contribution is 2.33. The van der Waals surface area contributed by atoms with E-state index in [4.69, 9.17) is 0 Å². The SMILES string of the molecule is O=C1CCCC1C1C=CCCC1. The molecule has 0 saturated heterocycles. The molecule has 0 aromatic rings. The standard InChI is InChI=1S/C11H16O/c12-11-8-4-7-10(11)9-5-2-1-3-6-9/h2,5,9-10H,1,3-4,6-8H2. The largest absolute Gasteiger partial charge is 0.299 e. The van der Waals surface area contributed by atoms with Crippen molar-refractivity contribution in [2.75, 3.05) is 0 Å². The number of carbonyl (C=O) groups is 1. The van der Waals surface area contributed by atoms with E-state index in [-0.39, 0.29) is 0 Å². The molecule has 1 saturated carbocycles. The number of allylic oxidation sites excluding steroid dienone is 2. The first-order chi connectivity index (χ1) is 5.88. The molecule has 0 amide bonds. The Labute approximate surface area is 73.8 Å². The van der Waals surface area contributed by atoms with Crippen LogP contribution < -0.4 is 0 Å². The lowest BCUT2D eigenvalue weighted by atomic mass is 9.83. The lowest BCUT2D eigenvalue weighted by Gasteiger charge is -2.21. The smallest absolute Gasteiger partial charge is 0.136 e. The van der Waals surface area contributed by atoms with Gasteiger partial charge in [0.2, 0.25) is 0 Å². The lowest BCUT2D eigenvalue weighted by molar-refractivity contribution is -0.121. The average molecular weight is 164 g/mol. The number of carbonyl (C=O) groups excluding carboxylic acids is 1.